The Bertz CT molecular complexity index is 827. The van der Waals surface area contributed by atoms with Crippen molar-refractivity contribution in [2.75, 3.05) is 19.8 Å². The van der Waals surface area contributed by atoms with Crippen LogP contribution < -0.4 is 5.32 Å². The van der Waals surface area contributed by atoms with Gasteiger partial charge in [-0.2, -0.15) is 0 Å². The van der Waals surface area contributed by atoms with E-state index in [1.165, 1.54) is 173 Å². The van der Waals surface area contributed by atoms with Crippen LogP contribution in [-0.2, 0) is 9.53 Å². The molecule has 0 fully saturated rings. The fourth-order valence-electron chi connectivity index (χ4n) is 7.47. The minimum absolute atomic E-state index is 0.116. The molecule has 0 rings (SSSR count). The Labute approximate surface area is 346 Å². The zero-order valence-electron chi connectivity index (χ0n) is 37.0. The smallest absolute Gasteiger partial charge is 0.220 e. The van der Waals surface area contributed by atoms with Crippen LogP contribution in [-0.4, -0.2) is 81.7 Å². The van der Waals surface area contributed by atoms with E-state index in [0.29, 0.717) is 12.8 Å². The van der Waals surface area contributed by atoms with E-state index in [1.54, 1.807) is 0 Å². The van der Waals surface area contributed by atoms with E-state index in [4.69, 9.17) is 9.84 Å². The number of allylic oxidation sites excluding steroid dienone is 2. The number of carbonyl (C=O) groups excluding carboxylic acids is 1. The average molecular weight is 798 g/mol. The van der Waals surface area contributed by atoms with Crippen molar-refractivity contribution in [3.05, 3.63) is 12.2 Å². The third-order valence-corrected chi connectivity index (χ3v) is 11.4. The summed E-state index contributed by atoms with van der Waals surface area (Å²) in [7, 11) is 0. The van der Waals surface area contributed by atoms with E-state index in [0.717, 1.165) is 38.5 Å². The Kier molecular flexibility index (Phi) is 42.7. The van der Waals surface area contributed by atoms with Gasteiger partial charge in [0.05, 0.1) is 32.0 Å². The summed E-state index contributed by atoms with van der Waals surface area (Å²) in [5.74, 6) is -0.187. The highest BCUT2D eigenvalue weighted by Gasteiger charge is 2.28. The number of aliphatic hydroxyl groups is 5. The molecule has 0 aliphatic rings. The van der Waals surface area contributed by atoms with Crippen LogP contribution in [0.5, 0.6) is 0 Å². The molecule has 6 N–H and O–H groups in total. The van der Waals surface area contributed by atoms with Gasteiger partial charge in [0.25, 0.3) is 0 Å². The van der Waals surface area contributed by atoms with E-state index in [9.17, 15) is 25.2 Å². The van der Waals surface area contributed by atoms with Crippen molar-refractivity contribution in [2.45, 2.75) is 269 Å². The van der Waals surface area contributed by atoms with Crippen LogP contribution in [0.2, 0.25) is 0 Å². The predicted octanol–water partition coefficient (Wildman–Crippen LogP) is 11.2. The Balaban J connectivity index is 4.06. The number of nitrogens with one attached hydrogen (secondary N) is 1. The van der Waals surface area contributed by atoms with Crippen molar-refractivity contribution < 1.29 is 35.1 Å². The molecule has 56 heavy (non-hydrogen) atoms. The van der Waals surface area contributed by atoms with Crippen molar-refractivity contribution in [1.29, 1.82) is 0 Å². The maximum absolute atomic E-state index is 12.8. The van der Waals surface area contributed by atoms with Gasteiger partial charge in [0.1, 0.15) is 18.3 Å². The molecule has 8 heteroatoms. The van der Waals surface area contributed by atoms with E-state index >= 15 is 0 Å². The number of hydrogen-bond acceptors (Lipinski definition) is 7. The molecule has 0 aliphatic heterocycles. The minimum Gasteiger partial charge on any atom is -0.394 e. The van der Waals surface area contributed by atoms with Crippen molar-refractivity contribution in [3.63, 3.8) is 0 Å². The number of ether oxygens (including phenoxy) is 1. The molecular weight excluding hydrogens is 703 g/mol. The number of unbranched alkanes of at least 4 members (excludes halogenated alkanes) is 30. The molecule has 0 heterocycles. The zero-order chi connectivity index (χ0) is 41.2. The van der Waals surface area contributed by atoms with Crippen molar-refractivity contribution in [1.82, 2.24) is 5.32 Å². The molecule has 0 bridgehead atoms. The highest BCUT2D eigenvalue weighted by Crippen LogP contribution is 2.17. The summed E-state index contributed by atoms with van der Waals surface area (Å²) in [5, 5.41) is 53.3. The lowest BCUT2D eigenvalue weighted by Gasteiger charge is -2.28. The summed E-state index contributed by atoms with van der Waals surface area (Å²) >= 11 is 0. The second-order valence-corrected chi connectivity index (χ2v) is 16.9. The first-order valence-corrected chi connectivity index (χ1v) is 24.2. The quantitative estimate of drug-likeness (QED) is 0.0266. The number of amides is 1. The van der Waals surface area contributed by atoms with Crippen molar-refractivity contribution in [2.24, 2.45) is 0 Å². The highest BCUT2D eigenvalue weighted by atomic mass is 16.5. The lowest BCUT2D eigenvalue weighted by atomic mass is 9.99. The molecule has 0 spiro atoms. The molecule has 0 saturated heterocycles. The SMILES string of the molecule is CCC/C=C\CCCCCCCCCCCCCCCCCCCCC(=O)N[C@@H](COC[C@H](O)[C@@H](O)CO)[C@H](O)[C@H](O)CCCCCCCCCCCCCC. The second-order valence-electron chi connectivity index (χ2n) is 16.9. The van der Waals surface area contributed by atoms with Gasteiger partial charge in [-0.05, 0) is 32.1 Å². The lowest BCUT2D eigenvalue weighted by molar-refractivity contribution is -0.125. The van der Waals surface area contributed by atoms with Gasteiger partial charge in [-0.3, -0.25) is 4.79 Å². The highest BCUT2D eigenvalue weighted by molar-refractivity contribution is 5.76. The van der Waals surface area contributed by atoms with Crippen LogP contribution >= 0.6 is 0 Å². The summed E-state index contributed by atoms with van der Waals surface area (Å²) in [6.45, 7) is 3.52. The first-order valence-electron chi connectivity index (χ1n) is 24.2. The predicted molar refractivity (Wildman–Crippen MR) is 236 cm³/mol. The number of aliphatic hydroxyl groups excluding tert-OH is 5. The first-order chi connectivity index (χ1) is 27.4. The molecular formula is C48H95NO7. The maximum atomic E-state index is 12.8. The molecule has 0 saturated carbocycles. The van der Waals surface area contributed by atoms with Crippen LogP contribution in [0.15, 0.2) is 12.2 Å². The van der Waals surface area contributed by atoms with E-state index < -0.39 is 37.1 Å². The Hall–Kier alpha value is -1.03. The fraction of sp³-hybridized carbons (Fsp3) is 0.938. The Morgan fingerprint density at radius 2 is 0.893 bits per heavy atom. The number of hydrogen-bond donors (Lipinski definition) is 6. The van der Waals surface area contributed by atoms with Gasteiger partial charge in [0.2, 0.25) is 5.91 Å². The van der Waals surface area contributed by atoms with Crippen LogP contribution in [0, 0.1) is 0 Å². The third-order valence-electron chi connectivity index (χ3n) is 11.4. The number of carbonyl (C=O) groups is 1. The van der Waals surface area contributed by atoms with Gasteiger partial charge in [-0.1, -0.05) is 212 Å². The standard InChI is InChI=1S/C48H95NO7/c1-3-5-7-9-11-13-15-17-18-19-20-21-22-23-24-25-26-27-29-31-33-35-37-39-47(54)49-43(41-56-42-46(53)45(52)40-50)48(55)44(51)38-36-34-32-30-28-16-14-12-10-8-6-4-2/h7,9,43-46,48,50-53,55H,3-6,8,10-42H2,1-2H3,(H,49,54)/b9-7-/t43-,44+,45-,46-,48-/m0/s1. The van der Waals surface area contributed by atoms with Crippen LogP contribution in [0.1, 0.15) is 239 Å². The van der Waals surface area contributed by atoms with E-state index in [2.05, 4.69) is 31.3 Å². The first kappa shape index (κ1) is 55.0. The van der Waals surface area contributed by atoms with E-state index in [1.807, 2.05) is 0 Å². The average Bonchev–Trinajstić information content (AvgIpc) is 3.20. The molecule has 5 atom stereocenters. The van der Waals surface area contributed by atoms with Gasteiger partial charge in [-0.15, -0.1) is 0 Å². The monoisotopic (exact) mass is 798 g/mol. The molecule has 0 aromatic heterocycles. The lowest BCUT2D eigenvalue weighted by Crippen LogP contribution is -2.51. The van der Waals surface area contributed by atoms with Gasteiger partial charge in [0, 0.05) is 6.42 Å². The van der Waals surface area contributed by atoms with Crippen molar-refractivity contribution >= 4 is 5.91 Å². The summed E-state index contributed by atoms with van der Waals surface area (Å²) in [6, 6.07) is -0.837. The molecule has 0 aromatic rings. The summed E-state index contributed by atoms with van der Waals surface area (Å²) in [5.41, 5.74) is 0. The minimum atomic E-state index is -1.33. The largest absolute Gasteiger partial charge is 0.394 e. The van der Waals surface area contributed by atoms with Gasteiger partial charge in [0.15, 0.2) is 0 Å². The molecule has 334 valence electrons. The molecule has 0 unspecified atom stereocenters. The molecule has 0 aromatic carbocycles. The van der Waals surface area contributed by atoms with Crippen molar-refractivity contribution in [3.8, 4) is 0 Å². The maximum Gasteiger partial charge on any atom is 0.220 e. The van der Waals surface area contributed by atoms with Gasteiger partial charge in [-0.25, -0.2) is 0 Å². The fourth-order valence-corrected chi connectivity index (χ4v) is 7.47. The van der Waals surface area contributed by atoms with Crippen LogP contribution in [0.4, 0.5) is 0 Å². The third kappa shape index (κ3) is 37.3. The zero-order valence-corrected chi connectivity index (χ0v) is 37.0. The Morgan fingerprint density at radius 3 is 1.34 bits per heavy atom. The van der Waals surface area contributed by atoms with Crippen LogP contribution in [0.3, 0.4) is 0 Å². The summed E-state index contributed by atoms with van der Waals surface area (Å²) in [4.78, 5) is 12.8. The van der Waals surface area contributed by atoms with E-state index in [-0.39, 0.29) is 19.1 Å². The normalized spacial score (nSPS) is 14.6. The Morgan fingerprint density at radius 1 is 0.482 bits per heavy atom. The molecule has 8 nitrogen and oxygen atoms in total. The molecule has 0 radical (unpaired) electrons. The molecule has 1 amide bonds. The van der Waals surface area contributed by atoms with Gasteiger partial charge >= 0.3 is 0 Å². The topological polar surface area (TPSA) is 139 Å². The summed E-state index contributed by atoms with van der Waals surface area (Å²) in [6.07, 6.45) is 42.2. The van der Waals surface area contributed by atoms with Crippen LogP contribution in [0.25, 0.3) is 0 Å². The summed E-state index contributed by atoms with van der Waals surface area (Å²) < 4.78 is 5.52. The number of rotatable bonds is 45. The molecule has 0 aliphatic carbocycles. The van der Waals surface area contributed by atoms with Gasteiger partial charge < -0.3 is 35.6 Å². The second kappa shape index (κ2) is 43.5.